The van der Waals surface area contributed by atoms with E-state index in [4.69, 9.17) is 0 Å². The Labute approximate surface area is 155 Å². The molecule has 0 amide bonds. The van der Waals surface area contributed by atoms with Crippen molar-refractivity contribution in [1.82, 2.24) is 0 Å². The van der Waals surface area contributed by atoms with E-state index >= 15 is 0 Å². The van der Waals surface area contributed by atoms with Gasteiger partial charge in [-0.25, -0.2) is 4.79 Å². The van der Waals surface area contributed by atoms with Crippen LogP contribution in [-0.4, -0.2) is 21.3 Å². The molecule has 0 saturated heterocycles. The lowest BCUT2D eigenvalue weighted by Gasteiger charge is -2.59. The molecule has 0 spiro atoms. The van der Waals surface area contributed by atoms with Crippen molar-refractivity contribution in [3.05, 3.63) is 35.4 Å². The maximum Gasteiger partial charge on any atom is 0.335 e. The maximum atomic E-state index is 11.4. The highest BCUT2D eigenvalue weighted by Crippen LogP contribution is 2.62. The normalized spacial score (nSPS) is 34.3. The lowest BCUT2D eigenvalue weighted by Crippen LogP contribution is -2.51. The molecule has 4 heteroatoms. The molecule has 3 rings (SSSR count). The van der Waals surface area contributed by atoms with Gasteiger partial charge in [-0.05, 0) is 78.9 Å². The minimum absolute atomic E-state index is 0.0122. The summed E-state index contributed by atoms with van der Waals surface area (Å²) in [7, 11) is 0. The van der Waals surface area contributed by atoms with Gasteiger partial charge in [-0.15, -0.1) is 0 Å². The fourth-order valence-corrected chi connectivity index (χ4v) is 5.61. The van der Waals surface area contributed by atoms with Crippen molar-refractivity contribution in [3.63, 3.8) is 0 Å². The Bertz CT molecular complexity index is 753. The SMILES string of the molecule is C=C1CCC[C@@H]2[C@@](C)(Cc3cc(C(=O)O)cc(O)c3O)[C@H](C)CC[C@@]12C. The van der Waals surface area contributed by atoms with Gasteiger partial charge in [0.1, 0.15) is 0 Å². The van der Waals surface area contributed by atoms with Gasteiger partial charge < -0.3 is 15.3 Å². The fraction of sp³-hybridized carbons (Fsp3) is 0.591. The predicted molar refractivity (Wildman–Crippen MR) is 102 cm³/mol. The molecular weight excluding hydrogens is 328 g/mol. The molecule has 2 aliphatic carbocycles. The molecular formula is C22H30O4. The molecule has 0 radical (unpaired) electrons. The Balaban J connectivity index is 2.04. The number of allylic oxidation sites excluding steroid dienone is 1. The number of phenols is 2. The predicted octanol–water partition coefficient (Wildman–Crippen LogP) is 5.14. The van der Waals surface area contributed by atoms with Crippen molar-refractivity contribution in [3.8, 4) is 11.5 Å². The summed E-state index contributed by atoms with van der Waals surface area (Å²) < 4.78 is 0. The number of carboxylic acids is 1. The van der Waals surface area contributed by atoms with Crippen LogP contribution in [0, 0.1) is 22.7 Å². The Hall–Kier alpha value is -1.97. The first-order valence-electron chi connectivity index (χ1n) is 9.56. The number of carbonyl (C=O) groups is 1. The van der Waals surface area contributed by atoms with Crippen LogP contribution in [0.3, 0.4) is 0 Å². The van der Waals surface area contributed by atoms with Gasteiger partial charge in [0.25, 0.3) is 0 Å². The first-order valence-corrected chi connectivity index (χ1v) is 9.56. The number of fused-ring (bicyclic) bond motifs is 1. The van der Waals surface area contributed by atoms with Gasteiger partial charge >= 0.3 is 5.97 Å². The molecule has 0 aliphatic heterocycles. The molecule has 3 N–H and O–H groups in total. The van der Waals surface area contributed by atoms with E-state index in [0.29, 0.717) is 23.8 Å². The summed E-state index contributed by atoms with van der Waals surface area (Å²) in [6.45, 7) is 11.2. The first kappa shape index (κ1) is 18.8. The van der Waals surface area contributed by atoms with Gasteiger partial charge in [0, 0.05) is 0 Å². The van der Waals surface area contributed by atoms with Crippen molar-refractivity contribution in [2.24, 2.45) is 22.7 Å². The van der Waals surface area contributed by atoms with Crippen LogP contribution in [0.4, 0.5) is 0 Å². The summed E-state index contributed by atoms with van der Waals surface area (Å²) in [5.41, 5.74) is 1.88. The third kappa shape index (κ3) is 2.80. The van der Waals surface area contributed by atoms with Crippen LogP contribution < -0.4 is 0 Å². The Morgan fingerprint density at radius 2 is 1.96 bits per heavy atom. The second kappa shape index (κ2) is 6.33. The highest BCUT2D eigenvalue weighted by molar-refractivity contribution is 5.89. The first-order chi connectivity index (χ1) is 12.1. The van der Waals surface area contributed by atoms with E-state index in [9.17, 15) is 20.1 Å². The Kier molecular flexibility index (Phi) is 4.58. The summed E-state index contributed by atoms with van der Waals surface area (Å²) in [6, 6.07) is 2.62. The Morgan fingerprint density at radius 3 is 2.62 bits per heavy atom. The molecule has 1 aromatic carbocycles. The topological polar surface area (TPSA) is 77.8 Å². The molecule has 2 saturated carbocycles. The van der Waals surface area contributed by atoms with E-state index in [0.717, 1.165) is 38.2 Å². The molecule has 2 aliphatic rings. The van der Waals surface area contributed by atoms with E-state index in [2.05, 4.69) is 27.4 Å². The van der Waals surface area contributed by atoms with Crippen molar-refractivity contribution in [2.45, 2.75) is 59.3 Å². The standard InChI is InChI=1S/C22H30O4/c1-13-6-5-7-18-21(13,3)9-8-14(2)22(18,4)12-16-10-15(20(25)26)11-17(23)19(16)24/h10-11,14,18,23-24H,1,5-9,12H2,2-4H3,(H,25,26)/t14-,18+,21+,22+/m1/s1. The van der Waals surface area contributed by atoms with Crippen molar-refractivity contribution < 1.29 is 20.1 Å². The molecule has 1 aromatic rings. The smallest absolute Gasteiger partial charge is 0.335 e. The number of aromatic hydroxyl groups is 2. The number of aromatic carboxylic acids is 1. The van der Waals surface area contributed by atoms with Crippen molar-refractivity contribution in [2.75, 3.05) is 0 Å². The van der Waals surface area contributed by atoms with Crippen LogP contribution in [0.1, 0.15) is 68.8 Å². The second-order valence-electron chi connectivity index (χ2n) is 8.90. The minimum Gasteiger partial charge on any atom is -0.504 e. The number of hydrogen-bond donors (Lipinski definition) is 3. The van der Waals surface area contributed by atoms with E-state index in [-0.39, 0.29) is 27.9 Å². The van der Waals surface area contributed by atoms with Gasteiger partial charge in [-0.2, -0.15) is 0 Å². The van der Waals surface area contributed by atoms with Gasteiger partial charge in [-0.1, -0.05) is 32.9 Å². The highest BCUT2D eigenvalue weighted by atomic mass is 16.4. The van der Waals surface area contributed by atoms with Crippen LogP contribution in [0.15, 0.2) is 24.3 Å². The molecule has 4 nitrogen and oxygen atoms in total. The number of rotatable bonds is 3. The van der Waals surface area contributed by atoms with Crippen LogP contribution in [0.2, 0.25) is 0 Å². The highest BCUT2D eigenvalue weighted by Gasteiger charge is 2.54. The molecule has 26 heavy (non-hydrogen) atoms. The molecule has 142 valence electrons. The summed E-state index contributed by atoms with van der Waals surface area (Å²) in [5, 5.41) is 29.7. The average Bonchev–Trinajstić information content (AvgIpc) is 2.57. The average molecular weight is 358 g/mol. The van der Waals surface area contributed by atoms with Crippen molar-refractivity contribution in [1.29, 1.82) is 0 Å². The summed E-state index contributed by atoms with van der Waals surface area (Å²) in [6.07, 6.45) is 6.13. The van der Waals surface area contributed by atoms with E-state index in [1.807, 2.05) is 0 Å². The van der Waals surface area contributed by atoms with E-state index in [1.165, 1.54) is 11.6 Å². The number of benzene rings is 1. The fourth-order valence-electron chi connectivity index (χ4n) is 5.61. The summed E-state index contributed by atoms with van der Waals surface area (Å²) in [5.74, 6) is -0.760. The number of carboxylic acid groups (broad SMARTS) is 1. The molecule has 0 unspecified atom stereocenters. The van der Waals surface area contributed by atoms with Gasteiger partial charge in [0.05, 0.1) is 5.56 Å². The molecule has 2 fully saturated rings. The van der Waals surface area contributed by atoms with Gasteiger partial charge in [-0.3, -0.25) is 0 Å². The van der Waals surface area contributed by atoms with Gasteiger partial charge in [0.2, 0.25) is 0 Å². The number of hydrogen-bond acceptors (Lipinski definition) is 3. The maximum absolute atomic E-state index is 11.4. The zero-order valence-electron chi connectivity index (χ0n) is 16.0. The lowest BCUT2D eigenvalue weighted by molar-refractivity contribution is -0.0491. The van der Waals surface area contributed by atoms with Crippen LogP contribution in [0.25, 0.3) is 0 Å². The summed E-state index contributed by atoms with van der Waals surface area (Å²) in [4.78, 5) is 11.4. The minimum atomic E-state index is -1.10. The third-order valence-corrected chi connectivity index (χ3v) is 7.55. The molecule has 0 bridgehead atoms. The van der Waals surface area contributed by atoms with E-state index < -0.39 is 5.97 Å². The monoisotopic (exact) mass is 358 g/mol. The molecule has 4 atom stereocenters. The van der Waals surface area contributed by atoms with Crippen molar-refractivity contribution >= 4 is 5.97 Å². The zero-order valence-corrected chi connectivity index (χ0v) is 16.0. The van der Waals surface area contributed by atoms with Crippen LogP contribution in [0.5, 0.6) is 11.5 Å². The largest absolute Gasteiger partial charge is 0.504 e. The zero-order chi connectivity index (χ0) is 19.3. The van der Waals surface area contributed by atoms with E-state index in [1.54, 1.807) is 0 Å². The molecule has 0 heterocycles. The third-order valence-electron chi connectivity index (χ3n) is 7.55. The summed E-state index contributed by atoms with van der Waals surface area (Å²) >= 11 is 0. The van der Waals surface area contributed by atoms with Crippen LogP contribution >= 0.6 is 0 Å². The molecule has 0 aromatic heterocycles. The lowest BCUT2D eigenvalue weighted by atomic mass is 9.46. The number of phenolic OH excluding ortho intramolecular Hbond substituents is 2. The Morgan fingerprint density at radius 1 is 1.27 bits per heavy atom. The second-order valence-corrected chi connectivity index (χ2v) is 8.90. The van der Waals surface area contributed by atoms with Crippen LogP contribution in [-0.2, 0) is 6.42 Å². The quantitative estimate of drug-likeness (QED) is 0.516. The van der Waals surface area contributed by atoms with Gasteiger partial charge in [0.15, 0.2) is 11.5 Å².